The van der Waals surface area contributed by atoms with E-state index in [2.05, 4.69) is 20.8 Å². The van der Waals surface area contributed by atoms with Crippen molar-refractivity contribution < 1.29 is 13.6 Å². The minimum atomic E-state index is -2.50. The third-order valence-electron chi connectivity index (χ3n) is 2.59. The number of nitrogens with zero attached hydrogens (tertiary/aromatic N) is 1. The maximum absolute atomic E-state index is 12.3. The van der Waals surface area contributed by atoms with Crippen molar-refractivity contribution in [1.82, 2.24) is 4.90 Å². The van der Waals surface area contributed by atoms with Gasteiger partial charge in [0.25, 0.3) is 6.43 Å². The SMILES string of the molecule is CC(CC(=O)N(CCN)CC(F)F)CC(C)(C)C. The van der Waals surface area contributed by atoms with E-state index in [0.29, 0.717) is 6.42 Å². The lowest BCUT2D eigenvalue weighted by Crippen LogP contribution is -2.39. The van der Waals surface area contributed by atoms with Crippen molar-refractivity contribution in [2.24, 2.45) is 17.1 Å². The highest BCUT2D eigenvalue weighted by molar-refractivity contribution is 5.76. The molecule has 1 amide bonds. The minimum Gasteiger partial charge on any atom is -0.336 e. The molecular weight excluding hydrogens is 238 g/mol. The number of amides is 1. The number of hydrogen-bond acceptors (Lipinski definition) is 2. The number of halogens is 2. The van der Waals surface area contributed by atoms with Crippen molar-refractivity contribution in [1.29, 1.82) is 0 Å². The molecule has 5 heteroatoms. The van der Waals surface area contributed by atoms with E-state index in [1.165, 1.54) is 4.90 Å². The first-order chi connectivity index (χ1) is 8.15. The van der Waals surface area contributed by atoms with Crippen LogP contribution < -0.4 is 5.73 Å². The molecule has 0 aromatic carbocycles. The molecule has 1 unspecified atom stereocenters. The Morgan fingerprint density at radius 2 is 1.89 bits per heavy atom. The molecule has 0 aliphatic carbocycles. The van der Waals surface area contributed by atoms with Crippen LogP contribution in [0.2, 0.25) is 0 Å². The van der Waals surface area contributed by atoms with Crippen LogP contribution in [0.4, 0.5) is 8.78 Å². The molecule has 0 rings (SSSR count). The topological polar surface area (TPSA) is 46.3 Å². The Labute approximate surface area is 109 Å². The number of nitrogens with two attached hydrogens (primary N) is 1. The predicted molar refractivity (Wildman–Crippen MR) is 69.5 cm³/mol. The number of carbonyl (C=O) groups excluding carboxylic acids is 1. The van der Waals surface area contributed by atoms with E-state index in [1.807, 2.05) is 6.92 Å². The maximum Gasteiger partial charge on any atom is 0.255 e. The van der Waals surface area contributed by atoms with Gasteiger partial charge >= 0.3 is 0 Å². The maximum atomic E-state index is 12.3. The molecule has 0 saturated carbocycles. The monoisotopic (exact) mass is 264 g/mol. The largest absolute Gasteiger partial charge is 0.336 e. The Morgan fingerprint density at radius 1 is 1.33 bits per heavy atom. The van der Waals surface area contributed by atoms with E-state index in [-0.39, 0.29) is 30.3 Å². The zero-order valence-corrected chi connectivity index (χ0v) is 11.9. The second kappa shape index (κ2) is 7.67. The number of hydrogen-bond donors (Lipinski definition) is 1. The standard InChI is InChI=1S/C13H26F2N2O/c1-10(8-13(2,3)4)7-12(18)17(6-5-16)9-11(14)15/h10-11H,5-9,16H2,1-4H3. The van der Waals surface area contributed by atoms with Crippen LogP contribution in [0.5, 0.6) is 0 Å². The Morgan fingerprint density at radius 3 is 2.28 bits per heavy atom. The van der Waals surface area contributed by atoms with E-state index >= 15 is 0 Å². The van der Waals surface area contributed by atoms with Gasteiger partial charge in [0.1, 0.15) is 0 Å². The fourth-order valence-electron chi connectivity index (χ4n) is 2.18. The van der Waals surface area contributed by atoms with Crippen molar-refractivity contribution in [3.05, 3.63) is 0 Å². The smallest absolute Gasteiger partial charge is 0.255 e. The fraction of sp³-hybridized carbons (Fsp3) is 0.923. The molecule has 0 heterocycles. The van der Waals surface area contributed by atoms with Gasteiger partial charge in [-0.3, -0.25) is 4.79 Å². The van der Waals surface area contributed by atoms with Crippen LogP contribution in [0.3, 0.4) is 0 Å². The molecule has 0 aliphatic heterocycles. The normalized spacial score (nSPS) is 13.8. The van der Waals surface area contributed by atoms with Crippen LogP contribution in [-0.2, 0) is 4.79 Å². The number of rotatable bonds is 7. The van der Waals surface area contributed by atoms with Gasteiger partial charge in [0, 0.05) is 19.5 Å². The van der Waals surface area contributed by atoms with Gasteiger partial charge < -0.3 is 10.6 Å². The van der Waals surface area contributed by atoms with Gasteiger partial charge in [0.15, 0.2) is 0 Å². The Hall–Kier alpha value is -0.710. The van der Waals surface area contributed by atoms with E-state index in [1.54, 1.807) is 0 Å². The summed E-state index contributed by atoms with van der Waals surface area (Å²) < 4.78 is 24.7. The van der Waals surface area contributed by atoms with Gasteiger partial charge in [-0.1, -0.05) is 27.7 Å². The highest BCUT2D eigenvalue weighted by atomic mass is 19.3. The van der Waals surface area contributed by atoms with E-state index in [9.17, 15) is 13.6 Å². The average Bonchev–Trinajstić information content (AvgIpc) is 2.12. The first kappa shape index (κ1) is 17.3. The van der Waals surface area contributed by atoms with E-state index in [4.69, 9.17) is 5.73 Å². The van der Waals surface area contributed by atoms with E-state index < -0.39 is 13.0 Å². The summed E-state index contributed by atoms with van der Waals surface area (Å²) in [5.41, 5.74) is 5.48. The molecule has 108 valence electrons. The summed E-state index contributed by atoms with van der Waals surface area (Å²) in [5.74, 6) is -0.0343. The molecule has 0 spiro atoms. The lowest BCUT2D eigenvalue weighted by molar-refractivity contribution is -0.134. The second-order valence-corrected chi connectivity index (χ2v) is 6.09. The Kier molecular flexibility index (Phi) is 7.36. The lowest BCUT2D eigenvalue weighted by Gasteiger charge is -2.26. The molecule has 0 fully saturated rings. The summed E-state index contributed by atoms with van der Waals surface area (Å²) in [7, 11) is 0. The van der Waals surface area contributed by atoms with Gasteiger partial charge in [0.2, 0.25) is 5.91 Å². The number of alkyl halides is 2. The zero-order chi connectivity index (χ0) is 14.3. The quantitative estimate of drug-likeness (QED) is 0.768. The first-order valence-corrected chi connectivity index (χ1v) is 6.41. The van der Waals surface area contributed by atoms with Gasteiger partial charge in [-0.15, -0.1) is 0 Å². The van der Waals surface area contributed by atoms with Crippen LogP contribution in [0.1, 0.15) is 40.5 Å². The third kappa shape index (κ3) is 8.39. The Bertz CT molecular complexity index is 252. The minimum absolute atomic E-state index is 0.140. The summed E-state index contributed by atoms with van der Waals surface area (Å²) >= 11 is 0. The Balaban J connectivity index is 4.32. The third-order valence-corrected chi connectivity index (χ3v) is 2.59. The van der Waals surface area contributed by atoms with Gasteiger partial charge in [-0.05, 0) is 17.8 Å². The molecule has 0 radical (unpaired) electrons. The molecule has 0 saturated heterocycles. The van der Waals surface area contributed by atoms with Crippen LogP contribution in [-0.4, -0.2) is 36.9 Å². The van der Waals surface area contributed by atoms with Crippen molar-refractivity contribution in [3.63, 3.8) is 0 Å². The van der Waals surface area contributed by atoms with Crippen molar-refractivity contribution in [3.8, 4) is 0 Å². The van der Waals surface area contributed by atoms with Crippen molar-refractivity contribution in [2.75, 3.05) is 19.6 Å². The van der Waals surface area contributed by atoms with Gasteiger partial charge in [0.05, 0.1) is 6.54 Å². The highest BCUT2D eigenvalue weighted by Gasteiger charge is 2.22. The zero-order valence-electron chi connectivity index (χ0n) is 11.9. The first-order valence-electron chi connectivity index (χ1n) is 6.41. The summed E-state index contributed by atoms with van der Waals surface area (Å²) in [6, 6.07) is 0. The molecule has 0 aromatic rings. The molecule has 0 bridgehead atoms. The average molecular weight is 264 g/mol. The van der Waals surface area contributed by atoms with Gasteiger partial charge in [-0.2, -0.15) is 0 Å². The van der Waals surface area contributed by atoms with Crippen LogP contribution in [0.25, 0.3) is 0 Å². The van der Waals surface area contributed by atoms with Crippen LogP contribution in [0.15, 0.2) is 0 Å². The second-order valence-electron chi connectivity index (χ2n) is 6.09. The van der Waals surface area contributed by atoms with Crippen molar-refractivity contribution in [2.45, 2.75) is 47.0 Å². The summed E-state index contributed by atoms with van der Waals surface area (Å²) in [4.78, 5) is 13.1. The molecule has 1 atom stereocenters. The summed E-state index contributed by atoms with van der Waals surface area (Å²) in [5, 5.41) is 0. The molecular formula is C13H26F2N2O. The predicted octanol–water partition coefficient (Wildman–Crippen LogP) is 2.50. The van der Waals surface area contributed by atoms with Crippen LogP contribution in [0, 0.1) is 11.3 Å². The van der Waals surface area contributed by atoms with Crippen molar-refractivity contribution >= 4 is 5.91 Å². The van der Waals surface area contributed by atoms with E-state index in [0.717, 1.165) is 6.42 Å². The van der Waals surface area contributed by atoms with Gasteiger partial charge in [-0.25, -0.2) is 8.78 Å². The molecule has 18 heavy (non-hydrogen) atoms. The number of carbonyl (C=O) groups is 1. The molecule has 0 aromatic heterocycles. The molecule has 2 N–H and O–H groups in total. The molecule has 3 nitrogen and oxygen atoms in total. The van der Waals surface area contributed by atoms with Crippen LogP contribution >= 0.6 is 0 Å². The fourth-order valence-corrected chi connectivity index (χ4v) is 2.18. The lowest BCUT2D eigenvalue weighted by atomic mass is 9.84. The summed E-state index contributed by atoms with van der Waals surface area (Å²) in [6.07, 6.45) is -1.30. The highest BCUT2D eigenvalue weighted by Crippen LogP contribution is 2.26. The molecule has 0 aliphatic rings. The summed E-state index contributed by atoms with van der Waals surface area (Å²) in [6.45, 7) is 8.18.